The highest BCUT2D eigenvalue weighted by Gasteiger charge is 2.46. The van der Waals surface area contributed by atoms with Crippen LogP contribution in [-0.2, 0) is 0 Å². The van der Waals surface area contributed by atoms with Gasteiger partial charge >= 0.3 is 0 Å². The summed E-state index contributed by atoms with van der Waals surface area (Å²) in [6.07, 6.45) is 14.5. The first-order chi connectivity index (χ1) is 13.4. The van der Waals surface area contributed by atoms with Crippen LogP contribution in [-0.4, -0.2) is 110 Å². The summed E-state index contributed by atoms with van der Waals surface area (Å²) in [6.45, 7) is 8.13. The number of rotatable bonds is 7. The van der Waals surface area contributed by atoms with Gasteiger partial charge in [-0.25, -0.2) is 0 Å². The third kappa shape index (κ3) is 6.05. The zero-order valence-electron chi connectivity index (χ0n) is 20.2. The Bertz CT molecular complexity index is 449. The van der Waals surface area contributed by atoms with E-state index in [1.54, 1.807) is 0 Å². The van der Waals surface area contributed by atoms with Gasteiger partial charge in [-0.05, 0) is 38.8 Å². The Labute approximate surface area is 221 Å². The van der Waals surface area contributed by atoms with Crippen LogP contribution in [0.15, 0.2) is 0 Å². The van der Waals surface area contributed by atoms with Crippen LogP contribution < -0.4 is 48.0 Å². The number of nitrogens with zero attached hydrogens (tertiary/aromatic N) is 4. The number of quaternary nitrogens is 2. The average molecular weight is 646 g/mol. The van der Waals surface area contributed by atoms with Crippen molar-refractivity contribution in [2.24, 2.45) is 0 Å². The highest BCUT2D eigenvalue weighted by atomic mass is 127. The van der Waals surface area contributed by atoms with E-state index in [0.717, 1.165) is 24.2 Å². The van der Waals surface area contributed by atoms with E-state index < -0.39 is 0 Å². The Morgan fingerprint density at radius 3 is 1.13 bits per heavy atom. The fraction of sp³-hybridized carbons (Fsp3) is 1.00. The summed E-state index contributed by atoms with van der Waals surface area (Å²) < 4.78 is 2.59. The lowest BCUT2D eigenvalue weighted by Gasteiger charge is -2.54. The number of piperazine rings is 2. The van der Waals surface area contributed by atoms with Gasteiger partial charge in [0.05, 0.1) is 54.4 Å². The molecule has 0 aliphatic carbocycles. The molecule has 0 aromatic heterocycles. The van der Waals surface area contributed by atoms with Crippen molar-refractivity contribution in [3.63, 3.8) is 0 Å². The number of halogens is 2. The molecule has 0 amide bonds. The second-order valence-electron chi connectivity index (χ2n) is 11.7. The van der Waals surface area contributed by atoms with Crippen molar-refractivity contribution in [3.8, 4) is 0 Å². The highest BCUT2D eigenvalue weighted by molar-refractivity contribution is 4.84. The van der Waals surface area contributed by atoms with Crippen molar-refractivity contribution in [1.29, 1.82) is 0 Å². The van der Waals surface area contributed by atoms with Crippen LogP contribution in [0.2, 0.25) is 0 Å². The predicted octanol–water partition coefficient (Wildman–Crippen LogP) is -2.82. The van der Waals surface area contributed by atoms with Gasteiger partial charge in [0.15, 0.2) is 0 Å². The summed E-state index contributed by atoms with van der Waals surface area (Å²) in [5, 5.41) is 0. The minimum Gasteiger partial charge on any atom is -1.00 e. The minimum absolute atomic E-state index is 0. The van der Waals surface area contributed by atoms with E-state index in [0.29, 0.717) is 0 Å². The first kappa shape index (κ1) is 27.5. The van der Waals surface area contributed by atoms with Gasteiger partial charge in [0, 0.05) is 25.7 Å². The van der Waals surface area contributed by atoms with Gasteiger partial charge in [-0.1, -0.05) is 12.8 Å². The lowest BCUT2D eigenvalue weighted by Crippen LogP contribution is -3.00. The van der Waals surface area contributed by atoms with E-state index in [-0.39, 0.29) is 48.0 Å². The summed E-state index contributed by atoms with van der Waals surface area (Å²) in [6, 6.07) is 3.59. The third-order valence-corrected chi connectivity index (χ3v) is 9.49. The molecule has 0 N–H and O–H groups in total. The fourth-order valence-corrected chi connectivity index (χ4v) is 7.04. The lowest BCUT2D eigenvalue weighted by atomic mass is 9.89. The van der Waals surface area contributed by atoms with E-state index in [2.05, 4.69) is 38.0 Å². The Balaban J connectivity index is 0.00000160. The highest BCUT2D eigenvalue weighted by Crippen LogP contribution is 2.34. The van der Waals surface area contributed by atoms with Gasteiger partial charge in [0.1, 0.15) is 24.2 Å². The molecule has 30 heavy (non-hydrogen) atoms. The number of likely N-dealkylation sites (N-methyl/N-ethyl adjacent to an activating group) is 2. The van der Waals surface area contributed by atoms with E-state index in [9.17, 15) is 0 Å². The first-order valence-electron chi connectivity index (χ1n) is 12.5. The molecule has 4 aliphatic heterocycles. The van der Waals surface area contributed by atoms with Crippen LogP contribution in [0.25, 0.3) is 0 Å². The monoisotopic (exact) mass is 646 g/mol. The van der Waals surface area contributed by atoms with Crippen molar-refractivity contribution in [1.82, 2.24) is 9.80 Å². The van der Waals surface area contributed by atoms with Crippen molar-refractivity contribution in [3.05, 3.63) is 0 Å². The maximum absolute atomic E-state index is 2.81. The molecule has 4 atom stereocenters. The quantitative estimate of drug-likeness (QED) is 0.168. The first-order valence-corrected chi connectivity index (χ1v) is 12.5. The molecule has 0 radical (unpaired) electrons. The van der Waals surface area contributed by atoms with E-state index in [1.165, 1.54) is 112 Å². The SMILES string of the molecule is C[N+]1(C)C2CCCC1CN(CCCCCCN1CC3CCCC(C1)[N+]3(C)C)C2.[I-].[I-]. The number of hydrogen-bond donors (Lipinski definition) is 0. The molecule has 178 valence electrons. The summed E-state index contributed by atoms with van der Waals surface area (Å²) in [7, 11) is 9.95. The van der Waals surface area contributed by atoms with Crippen LogP contribution in [0.5, 0.6) is 0 Å². The molecule has 0 aromatic rings. The minimum atomic E-state index is 0. The second kappa shape index (κ2) is 11.6. The largest absolute Gasteiger partial charge is 1.00 e. The van der Waals surface area contributed by atoms with Gasteiger partial charge in [-0.2, -0.15) is 0 Å². The normalized spacial score (nSPS) is 35.2. The van der Waals surface area contributed by atoms with E-state index in [1.807, 2.05) is 0 Å². The zero-order valence-corrected chi connectivity index (χ0v) is 24.5. The molecule has 4 unspecified atom stereocenters. The van der Waals surface area contributed by atoms with Gasteiger partial charge in [-0.15, -0.1) is 0 Å². The van der Waals surface area contributed by atoms with E-state index >= 15 is 0 Å². The fourth-order valence-electron chi connectivity index (χ4n) is 7.04. The number of fused-ring (bicyclic) bond motifs is 4. The molecule has 6 heteroatoms. The van der Waals surface area contributed by atoms with Gasteiger partial charge in [0.25, 0.3) is 0 Å². The van der Waals surface area contributed by atoms with Crippen molar-refractivity contribution >= 4 is 0 Å². The lowest BCUT2D eigenvalue weighted by molar-refractivity contribution is -0.948. The summed E-state index contributed by atoms with van der Waals surface area (Å²) in [5.41, 5.74) is 0. The molecular formula is C24H48I2N4. The molecule has 0 aromatic carbocycles. The Morgan fingerprint density at radius 2 is 0.833 bits per heavy atom. The van der Waals surface area contributed by atoms with Crippen LogP contribution in [0.3, 0.4) is 0 Å². The maximum Gasteiger partial charge on any atom is 0.102 e. The molecule has 4 nitrogen and oxygen atoms in total. The molecular weight excluding hydrogens is 598 g/mol. The standard InChI is InChI=1S/C24H48N4.2HI/c1-27(2)21-11-9-12-22(27)18-25(17-21)15-7-5-6-8-16-26-19-23-13-10-14-24(20-26)28(23,3)4;;/h21-24H,5-20H2,1-4H3;2*1H/q+2;;/p-2. The molecule has 4 heterocycles. The molecule has 4 rings (SSSR count). The number of unbranched alkanes of at least 4 members (excludes halogenated alkanes) is 3. The van der Waals surface area contributed by atoms with Crippen LogP contribution >= 0.6 is 0 Å². The maximum atomic E-state index is 2.81. The topological polar surface area (TPSA) is 6.48 Å². The Morgan fingerprint density at radius 1 is 0.533 bits per heavy atom. The predicted molar refractivity (Wildman–Crippen MR) is 118 cm³/mol. The smallest absolute Gasteiger partial charge is 0.102 e. The Hall–Kier alpha value is 1.30. The van der Waals surface area contributed by atoms with Crippen LogP contribution in [0.1, 0.15) is 64.2 Å². The Kier molecular flexibility index (Phi) is 10.7. The molecule has 4 fully saturated rings. The zero-order chi connectivity index (χ0) is 19.8. The van der Waals surface area contributed by atoms with Gasteiger partial charge in [0.2, 0.25) is 0 Å². The van der Waals surface area contributed by atoms with Crippen molar-refractivity contribution in [2.45, 2.75) is 88.4 Å². The summed E-state index contributed by atoms with van der Waals surface area (Å²) >= 11 is 0. The van der Waals surface area contributed by atoms with Gasteiger partial charge in [-0.3, -0.25) is 9.80 Å². The van der Waals surface area contributed by atoms with Crippen molar-refractivity contribution in [2.75, 3.05) is 67.5 Å². The van der Waals surface area contributed by atoms with E-state index in [4.69, 9.17) is 0 Å². The molecule has 0 spiro atoms. The summed E-state index contributed by atoms with van der Waals surface area (Å²) in [4.78, 5) is 5.62. The van der Waals surface area contributed by atoms with Crippen LogP contribution in [0.4, 0.5) is 0 Å². The molecule has 4 saturated heterocycles. The van der Waals surface area contributed by atoms with Gasteiger partial charge < -0.3 is 56.9 Å². The third-order valence-electron chi connectivity index (χ3n) is 9.49. The number of piperidine rings is 2. The summed E-state index contributed by atoms with van der Waals surface area (Å²) in [5.74, 6) is 0. The number of hydrogen-bond acceptors (Lipinski definition) is 2. The van der Waals surface area contributed by atoms with Crippen LogP contribution in [0, 0.1) is 0 Å². The average Bonchev–Trinajstić information content (AvgIpc) is 2.58. The second-order valence-corrected chi connectivity index (χ2v) is 11.7. The number of likely N-dealkylation sites (tertiary alicyclic amines) is 2. The molecule has 4 bridgehead atoms. The van der Waals surface area contributed by atoms with Crippen molar-refractivity contribution < 1.29 is 56.9 Å². The molecule has 0 saturated carbocycles. The molecule has 4 aliphatic rings.